The third-order valence-electron chi connectivity index (χ3n) is 4.68. The average Bonchev–Trinajstić information content (AvgIpc) is 3.07. The fourth-order valence-electron chi connectivity index (χ4n) is 3.01. The van der Waals surface area contributed by atoms with Crippen LogP contribution in [-0.2, 0) is 19.1 Å². The van der Waals surface area contributed by atoms with Crippen LogP contribution in [0.2, 0.25) is 0 Å². The van der Waals surface area contributed by atoms with Crippen LogP contribution in [0.1, 0.15) is 18.9 Å². The van der Waals surface area contributed by atoms with E-state index in [1.165, 1.54) is 17.9 Å². The summed E-state index contributed by atoms with van der Waals surface area (Å²) in [6.07, 6.45) is -1.33. The lowest BCUT2D eigenvalue weighted by Crippen LogP contribution is -2.33. The third kappa shape index (κ3) is 4.59. The Kier molecular flexibility index (Phi) is 5.91. The topological polar surface area (TPSA) is 75.7 Å². The molecule has 1 aliphatic rings. The molecule has 1 aliphatic heterocycles. The Hall–Kier alpha value is -3.29. The molecule has 0 bridgehead atoms. The highest BCUT2D eigenvalue weighted by Crippen LogP contribution is 2.26. The zero-order valence-electron chi connectivity index (χ0n) is 15.9. The first-order chi connectivity index (χ1) is 13.8. The summed E-state index contributed by atoms with van der Waals surface area (Å²) in [5, 5.41) is 2.08. The van der Waals surface area contributed by atoms with E-state index in [1.807, 2.05) is 19.1 Å². The molecule has 2 aromatic carbocycles. The van der Waals surface area contributed by atoms with E-state index in [2.05, 4.69) is 5.32 Å². The van der Waals surface area contributed by atoms with E-state index < -0.39 is 41.2 Å². The molecule has 1 N–H and O–H groups in total. The monoisotopic (exact) mass is 402 g/mol. The van der Waals surface area contributed by atoms with E-state index in [9.17, 15) is 23.2 Å². The number of halogens is 2. The SMILES string of the molecule is Cc1ccc(N2C[C@H](C(=O)O[C@H](C)C(=O)Nc3c(F)cccc3F)CC2=O)cc1. The number of aryl methyl sites for hydroxylation is 1. The molecule has 0 spiro atoms. The highest BCUT2D eigenvalue weighted by Gasteiger charge is 2.37. The highest BCUT2D eigenvalue weighted by atomic mass is 19.1. The van der Waals surface area contributed by atoms with Crippen LogP contribution >= 0.6 is 0 Å². The van der Waals surface area contributed by atoms with Crippen molar-refractivity contribution in [2.24, 2.45) is 5.92 Å². The van der Waals surface area contributed by atoms with Gasteiger partial charge in [-0.25, -0.2) is 8.78 Å². The number of anilines is 2. The van der Waals surface area contributed by atoms with Gasteiger partial charge in [0, 0.05) is 18.7 Å². The lowest BCUT2D eigenvalue weighted by atomic mass is 10.1. The standard InChI is InChI=1S/C21H20F2N2O4/c1-12-6-8-15(9-7-12)25-11-14(10-18(25)26)21(28)29-13(2)20(27)24-19-16(22)4-3-5-17(19)23/h3-9,13-14H,10-11H2,1-2H3,(H,24,27)/t13-,14-/m1/s1. The average molecular weight is 402 g/mol. The maximum absolute atomic E-state index is 13.6. The summed E-state index contributed by atoms with van der Waals surface area (Å²) in [5.74, 6) is -4.42. The van der Waals surface area contributed by atoms with E-state index in [-0.39, 0.29) is 18.9 Å². The van der Waals surface area contributed by atoms with Gasteiger partial charge < -0.3 is 15.0 Å². The number of carbonyl (C=O) groups excluding carboxylic acids is 3. The molecule has 0 aromatic heterocycles. The normalized spacial score (nSPS) is 17.2. The Labute approximate surface area is 166 Å². The highest BCUT2D eigenvalue weighted by molar-refractivity contribution is 6.00. The molecule has 3 rings (SSSR count). The van der Waals surface area contributed by atoms with Gasteiger partial charge in [0.25, 0.3) is 5.91 Å². The molecule has 0 unspecified atom stereocenters. The molecule has 6 nitrogen and oxygen atoms in total. The molecule has 2 amide bonds. The van der Waals surface area contributed by atoms with Gasteiger partial charge >= 0.3 is 5.97 Å². The lowest BCUT2D eigenvalue weighted by Gasteiger charge is -2.18. The Bertz CT molecular complexity index is 926. The Morgan fingerprint density at radius 2 is 1.76 bits per heavy atom. The van der Waals surface area contributed by atoms with Crippen molar-refractivity contribution in [3.8, 4) is 0 Å². The van der Waals surface area contributed by atoms with Gasteiger partial charge in [-0.1, -0.05) is 23.8 Å². The van der Waals surface area contributed by atoms with Crippen molar-refractivity contribution < 1.29 is 27.9 Å². The van der Waals surface area contributed by atoms with E-state index in [0.717, 1.165) is 17.7 Å². The van der Waals surface area contributed by atoms with Gasteiger partial charge in [0.1, 0.15) is 17.3 Å². The van der Waals surface area contributed by atoms with E-state index in [1.54, 1.807) is 12.1 Å². The molecule has 29 heavy (non-hydrogen) atoms. The molecule has 2 aromatic rings. The van der Waals surface area contributed by atoms with Gasteiger partial charge in [-0.2, -0.15) is 0 Å². The summed E-state index contributed by atoms with van der Waals surface area (Å²) < 4.78 is 32.4. The molecule has 2 atom stereocenters. The number of esters is 1. The van der Waals surface area contributed by atoms with E-state index in [4.69, 9.17) is 4.74 Å². The van der Waals surface area contributed by atoms with Crippen molar-refractivity contribution >= 4 is 29.2 Å². The number of para-hydroxylation sites is 1. The third-order valence-corrected chi connectivity index (χ3v) is 4.68. The Morgan fingerprint density at radius 3 is 2.38 bits per heavy atom. The van der Waals surface area contributed by atoms with Crippen molar-refractivity contribution in [2.75, 3.05) is 16.8 Å². The number of benzene rings is 2. The fourth-order valence-corrected chi connectivity index (χ4v) is 3.01. The van der Waals surface area contributed by atoms with Crippen LogP contribution in [0.5, 0.6) is 0 Å². The zero-order valence-corrected chi connectivity index (χ0v) is 15.9. The molecule has 0 aliphatic carbocycles. The fraction of sp³-hybridized carbons (Fsp3) is 0.286. The molecule has 8 heteroatoms. The summed E-state index contributed by atoms with van der Waals surface area (Å²) in [6.45, 7) is 3.35. The first kappa shape index (κ1) is 20.4. The van der Waals surface area contributed by atoms with E-state index in [0.29, 0.717) is 5.69 Å². The smallest absolute Gasteiger partial charge is 0.312 e. The molecular formula is C21H20F2N2O4. The van der Waals surface area contributed by atoms with Crippen LogP contribution < -0.4 is 10.2 Å². The predicted molar refractivity (Wildman–Crippen MR) is 102 cm³/mol. The van der Waals surface area contributed by atoms with Crippen LogP contribution in [0, 0.1) is 24.5 Å². The lowest BCUT2D eigenvalue weighted by molar-refractivity contribution is -0.157. The molecule has 1 saturated heterocycles. The van der Waals surface area contributed by atoms with Crippen LogP contribution in [0.25, 0.3) is 0 Å². The first-order valence-electron chi connectivity index (χ1n) is 9.08. The van der Waals surface area contributed by atoms with Crippen molar-refractivity contribution in [2.45, 2.75) is 26.4 Å². The van der Waals surface area contributed by atoms with Crippen LogP contribution in [0.3, 0.4) is 0 Å². The summed E-state index contributed by atoms with van der Waals surface area (Å²) in [7, 11) is 0. The van der Waals surface area contributed by atoms with E-state index >= 15 is 0 Å². The van der Waals surface area contributed by atoms with Crippen molar-refractivity contribution in [1.29, 1.82) is 0 Å². The van der Waals surface area contributed by atoms with Crippen molar-refractivity contribution in [3.05, 3.63) is 59.7 Å². The van der Waals surface area contributed by atoms with Gasteiger partial charge in [-0.15, -0.1) is 0 Å². The summed E-state index contributed by atoms with van der Waals surface area (Å²) >= 11 is 0. The quantitative estimate of drug-likeness (QED) is 0.780. The van der Waals surface area contributed by atoms with Crippen LogP contribution in [-0.4, -0.2) is 30.4 Å². The van der Waals surface area contributed by atoms with Gasteiger partial charge in [0.2, 0.25) is 5.91 Å². The summed E-state index contributed by atoms with van der Waals surface area (Å²) in [4.78, 5) is 38.3. The van der Waals surface area contributed by atoms with Gasteiger partial charge in [-0.05, 0) is 38.1 Å². The second-order valence-electron chi connectivity index (χ2n) is 6.91. The van der Waals surface area contributed by atoms with Gasteiger partial charge in [0.05, 0.1) is 5.92 Å². The maximum atomic E-state index is 13.6. The second-order valence-corrected chi connectivity index (χ2v) is 6.91. The number of ether oxygens (including phenoxy) is 1. The number of nitrogens with one attached hydrogen (secondary N) is 1. The summed E-state index contributed by atoms with van der Waals surface area (Å²) in [6, 6.07) is 10.5. The molecule has 0 saturated carbocycles. The molecule has 0 radical (unpaired) electrons. The van der Waals surface area contributed by atoms with Gasteiger partial charge in [-0.3, -0.25) is 14.4 Å². The number of rotatable bonds is 5. The molecule has 1 heterocycles. The number of nitrogens with zero attached hydrogens (tertiary/aromatic N) is 1. The molecule has 1 fully saturated rings. The number of hydrogen-bond donors (Lipinski definition) is 1. The minimum Gasteiger partial charge on any atom is -0.452 e. The molecule has 152 valence electrons. The van der Waals surface area contributed by atoms with Crippen LogP contribution in [0.15, 0.2) is 42.5 Å². The second kappa shape index (κ2) is 8.38. The minimum absolute atomic E-state index is 0.0387. The number of carbonyl (C=O) groups is 3. The Balaban J connectivity index is 1.60. The summed E-state index contributed by atoms with van der Waals surface area (Å²) in [5.41, 5.74) is 1.11. The number of hydrogen-bond acceptors (Lipinski definition) is 4. The minimum atomic E-state index is -1.29. The van der Waals surface area contributed by atoms with Crippen molar-refractivity contribution in [1.82, 2.24) is 0 Å². The maximum Gasteiger partial charge on any atom is 0.312 e. The van der Waals surface area contributed by atoms with Crippen molar-refractivity contribution in [3.63, 3.8) is 0 Å². The largest absolute Gasteiger partial charge is 0.452 e. The number of amides is 2. The van der Waals surface area contributed by atoms with Crippen LogP contribution in [0.4, 0.5) is 20.2 Å². The zero-order chi connectivity index (χ0) is 21.1. The predicted octanol–water partition coefficient (Wildman–Crippen LogP) is 3.20. The molecular weight excluding hydrogens is 382 g/mol. The Morgan fingerprint density at radius 1 is 1.14 bits per heavy atom. The first-order valence-corrected chi connectivity index (χ1v) is 9.08. The van der Waals surface area contributed by atoms with Gasteiger partial charge in [0.15, 0.2) is 6.10 Å².